The molecule has 9 heteroatoms. The van der Waals surface area contributed by atoms with E-state index >= 15 is 0 Å². The van der Waals surface area contributed by atoms with Crippen LogP contribution in [0.25, 0.3) is 0 Å². The molecular formula is C23H31N3O6. The van der Waals surface area contributed by atoms with Gasteiger partial charge in [0.25, 0.3) is 0 Å². The Morgan fingerprint density at radius 2 is 1.75 bits per heavy atom. The Balaban J connectivity index is 1.77. The zero-order valence-electron chi connectivity index (χ0n) is 17.9. The molecule has 1 heterocycles. The minimum Gasteiger partial charge on any atom is -0.494 e. The predicted molar refractivity (Wildman–Crippen MR) is 119 cm³/mol. The van der Waals surface area contributed by atoms with Crippen molar-refractivity contribution in [3.63, 3.8) is 0 Å². The summed E-state index contributed by atoms with van der Waals surface area (Å²) in [6.45, 7) is 1.99. The Labute approximate surface area is 187 Å². The third-order valence-corrected chi connectivity index (χ3v) is 5.33. The molecule has 2 aromatic carbocycles. The number of nitrogens with zero attached hydrogens (tertiary/aromatic N) is 1. The standard InChI is InChI=1S/C23H31N3O6/c1-2-31-16-10-8-14(9-11-16)12-17(15-6-4-3-5-7-15)25-23(24)26-22-21(30)20(29)19(28)18(13-27)32-22/h3-11,17-22,27-30H,2,12-13H2,1H3,(H3,24,25,26). The van der Waals surface area contributed by atoms with Crippen molar-refractivity contribution in [2.24, 2.45) is 10.7 Å². The van der Waals surface area contributed by atoms with Crippen LogP contribution >= 0.6 is 0 Å². The van der Waals surface area contributed by atoms with Crippen molar-refractivity contribution in [3.8, 4) is 5.75 Å². The molecule has 9 nitrogen and oxygen atoms in total. The van der Waals surface area contributed by atoms with Crippen LogP contribution in [0.1, 0.15) is 24.1 Å². The number of aliphatic hydroxyl groups excluding tert-OH is 4. The summed E-state index contributed by atoms with van der Waals surface area (Å²) in [5.74, 6) is 0.790. The summed E-state index contributed by atoms with van der Waals surface area (Å²) in [5.41, 5.74) is 8.14. The van der Waals surface area contributed by atoms with E-state index in [-0.39, 0.29) is 12.0 Å². The lowest BCUT2D eigenvalue weighted by atomic mass is 9.98. The second kappa shape index (κ2) is 11.3. The quantitative estimate of drug-likeness (QED) is 0.247. The topological polar surface area (TPSA) is 150 Å². The predicted octanol–water partition coefficient (Wildman–Crippen LogP) is 0.0733. The highest BCUT2D eigenvalue weighted by Crippen LogP contribution is 2.23. The Morgan fingerprint density at radius 3 is 2.38 bits per heavy atom. The van der Waals surface area contributed by atoms with Gasteiger partial charge in [0.05, 0.1) is 19.3 Å². The molecule has 0 spiro atoms. The van der Waals surface area contributed by atoms with Gasteiger partial charge in [0.2, 0.25) is 0 Å². The van der Waals surface area contributed by atoms with Gasteiger partial charge in [0.1, 0.15) is 30.2 Å². The third-order valence-electron chi connectivity index (χ3n) is 5.33. The minimum absolute atomic E-state index is 0.00545. The molecule has 0 saturated carbocycles. The van der Waals surface area contributed by atoms with Crippen molar-refractivity contribution in [1.82, 2.24) is 5.32 Å². The summed E-state index contributed by atoms with van der Waals surface area (Å²) in [6, 6.07) is 17.2. The first-order chi connectivity index (χ1) is 15.4. The molecule has 2 aromatic rings. The number of guanidine groups is 1. The maximum absolute atomic E-state index is 10.2. The molecule has 32 heavy (non-hydrogen) atoms. The number of aliphatic imine (C=N–C) groups is 1. The van der Waals surface area contributed by atoms with Crippen molar-refractivity contribution < 1.29 is 29.9 Å². The molecule has 1 fully saturated rings. The molecule has 1 aliphatic heterocycles. The molecule has 7 N–H and O–H groups in total. The van der Waals surface area contributed by atoms with Crippen LogP contribution in [0.5, 0.6) is 5.75 Å². The lowest BCUT2D eigenvalue weighted by Crippen LogP contribution is -2.58. The van der Waals surface area contributed by atoms with Crippen molar-refractivity contribution in [3.05, 3.63) is 65.7 Å². The summed E-state index contributed by atoms with van der Waals surface area (Å²) >= 11 is 0. The highest BCUT2D eigenvalue weighted by atomic mass is 16.6. The summed E-state index contributed by atoms with van der Waals surface area (Å²) < 4.78 is 10.9. The van der Waals surface area contributed by atoms with E-state index < -0.39 is 37.3 Å². The van der Waals surface area contributed by atoms with Crippen molar-refractivity contribution in [2.45, 2.75) is 50.0 Å². The molecule has 6 atom stereocenters. The summed E-state index contributed by atoms with van der Waals surface area (Å²) in [4.78, 5) is 4.15. The summed E-state index contributed by atoms with van der Waals surface area (Å²) in [6.07, 6.45) is -6.15. The van der Waals surface area contributed by atoms with Gasteiger partial charge in [-0.2, -0.15) is 0 Å². The zero-order chi connectivity index (χ0) is 23.1. The van der Waals surface area contributed by atoms with Crippen LogP contribution < -0.4 is 15.8 Å². The monoisotopic (exact) mass is 445 g/mol. The van der Waals surface area contributed by atoms with Gasteiger partial charge in [0.15, 0.2) is 12.2 Å². The Bertz CT molecular complexity index is 862. The van der Waals surface area contributed by atoms with E-state index in [1.807, 2.05) is 61.5 Å². The molecule has 3 rings (SSSR count). The average molecular weight is 446 g/mol. The van der Waals surface area contributed by atoms with Crippen LogP contribution in [0.4, 0.5) is 0 Å². The number of ether oxygens (including phenoxy) is 2. The zero-order valence-corrected chi connectivity index (χ0v) is 17.9. The number of rotatable bonds is 8. The molecule has 174 valence electrons. The van der Waals surface area contributed by atoms with E-state index in [0.717, 1.165) is 16.9 Å². The maximum atomic E-state index is 10.2. The van der Waals surface area contributed by atoms with Crippen LogP contribution in [-0.4, -0.2) is 70.2 Å². The van der Waals surface area contributed by atoms with Gasteiger partial charge in [-0.1, -0.05) is 42.5 Å². The normalized spacial score (nSPS) is 27.0. The number of aliphatic hydroxyl groups is 4. The number of nitrogens with two attached hydrogens (primary N) is 1. The average Bonchev–Trinajstić information content (AvgIpc) is 2.81. The first kappa shape index (κ1) is 24.0. The fraction of sp³-hybridized carbons (Fsp3) is 0.435. The summed E-state index contributed by atoms with van der Waals surface area (Å²) in [5, 5.41) is 42.6. The van der Waals surface area contributed by atoms with Crippen LogP contribution in [0.15, 0.2) is 59.6 Å². The van der Waals surface area contributed by atoms with E-state index in [1.54, 1.807) is 0 Å². The Hall–Kier alpha value is -2.69. The molecule has 0 aliphatic carbocycles. The lowest BCUT2D eigenvalue weighted by molar-refractivity contribution is -0.226. The highest BCUT2D eigenvalue weighted by Gasteiger charge is 2.43. The second-order valence-electron chi connectivity index (χ2n) is 7.62. The SMILES string of the molecule is CCOc1ccc(CC(N/C(N)=N/C2OC(CO)C(O)C(O)C2O)c2ccccc2)cc1. The lowest BCUT2D eigenvalue weighted by Gasteiger charge is -2.38. The van der Waals surface area contributed by atoms with Gasteiger partial charge in [-0.05, 0) is 36.6 Å². The minimum atomic E-state index is -1.52. The fourth-order valence-electron chi connectivity index (χ4n) is 3.60. The third kappa shape index (κ3) is 5.96. The van der Waals surface area contributed by atoms with E-state index in [2.05, 4.69) is 10.3 Å². The first-order valence-corrected chi connectivity index (χ1v) is 10.6. The molecule has 0 bridgehead atoms. The van der Waals surface area contributed by atoms with Gasteiger partial charge in [-0.15, -0.1) is 0 Å². The number of hydrogen-bond acceptors (Lipinski definition) is 7. The molecule has 6 unspecified atom stereocenters. The van der Waals surface area contributed by atoms with Crippen molar-refractivity contribution >= 4 is 5.96 Å². The number of hydrogen-bond donors (Lipinski definition) is 6. The molecule has 0 radical (unpaired) electrons. The van der Waals surface area contributed by atoms with Gasteiger partial charge < -0.3 is 41.0 Å². The molecule has 1 saturated heterocycles. The van der Waals surface area contributed by atoms with Crippen LogP contribution in [0, 0.1) is 0 Å². The van der Waals surface area contributed by atoms with Crippen molar-refractivity contribution in [1.29, 1.82) is 0 Å². The van der Waals surface area contributed by atoms with E-state index in [1.165, 1.54) is 0 Å². The van der Waals surface area contributed by atoms with Crippen LogP contribution in [-0.2, 0) is 11.2 Å². The Kier molecular flexibility index (Phi) is 8.43. The van der Waals surface area contributed by atoms with Crippen LogP contribution in [0.2, 0.25) is 0 Å². The molecule has 0 amide bonds. The first-order valence-electron chi connectivity index (χ1n) is 10.6. The molecule has 1 aliphatic rings. The van der Waals surface area contributed by atoms with Crippen LogP contribution in [0.3, 0.4) is 0 Å². The smallest absolute Gasteiger partial charge is 0.191 e. The van der Waals surface area contributed by atoms with Crippen molar-refractivity contribution in [2.75, 3.05) is 13.2 Å². The molecule has 0 aromatic heterocycles. The fourth-order valence-corrected chi connectivity index (χ4v) is 3.60. The Morgan fingerprint density at radius 1 is 1.06 bits per heavy atom. The van der Waals surface area contributed by atoms with Gasteiger partial charge in [-0.3, -0.25) is 0 Å². The molecular weight excluding hydrogens is 414 g/mol. The van der Waals surface area contributed by atoms with Gasteiger partial charge in [0, 0.05) is 0 Å². The van der Waals surface area contributed by atoms with E-state index in [0.29, 0.717) is 13.0 Å². The number of nitrogens with one attached hydrogen (secondary N) is 1. The van der Waals surface area contributed by atoms with Gasteiger partial charge in [-0.25, -0.2) is 4.99 Å². The second-order valence-corrected chi connectivity index (χ2v) is 7.62. The van der Waals surface area contributed by atoms with E-state index in [4.69, 9.17) is 15.2 Å². The maximum Gasteiger partial charge on any atom is 0.191 e. The largest absolute Gasteiger partial charge is 0.494 e. The number of benzene rings is 2. The van der Waals surface area contributed by atoms with Gasteiger partial charge >= 0.3 is 0 Å². The summed E-state index contributed by atoms with van der Waals surface area (Å²) in [7, 11) is 0. The van der Waals surface area contributed by atoms with E-state index in [9.17, 15) is 20.4 Å². The highest BCUT2D eigenvalue weighted by molar-refractivity contribution is 5.78.